The maximum absolute atomic E-state index is 12.5. The van der Waals surface area contributed by atoms with Crippen LogP contribution in [0.25, 0.3) is 0 Å². The van der Waals surface area contributed by atoms with Crippen LogP contribution in [0.4, 0.5) is 0 Å². The maximum atomic E-state index is 12.5. The van der Waals surface area contributed by atoms with Gasteiger partial charge in [0.1, 0.15) is 0 Å². The average Bonchev–Trinajstić information content (AvgIpc) is 2.93. The smallest absolute Gasteiger partial charge is 0.251 e. The molecule has 1 heterocycles. The van der Waals surface area contributed by atoms with Crippen molar-refractivity contribution < 1.29 is 17.9 Å². The summed E-state index contributed by atoms with van der Waals surface area (Å²) in [4.78, 5) is 14.6. The number of carbonyl (C=O) groups excluding carboxylic acids is 1. The number of sulfonamides is 1. The van der Waals surface area contributed by atoms with Crippen molar-refractivity contribution in [3.05, 3.63) is 35.4 Å². The standard InChI is InChI=1S/C17H27N3O4S/c1-19(2)9-13-6-5-7-14(8-13)17(21)18-16-11-24-10-15(16)12-25(22,23)20(3)4/h5-8,15-16H,9-12H2,1-4H3,(H,18,21)/t15-,16-/m0/s1. The van der Waals surface area contributed by atoms with Crippen LogP contribution in [-0.2, 0) is 21.3 Å². The summed E-state index contributed by atoms with van der Waals surface area (Å²) in [6.07, 6.45) is 0. The summed E-state index contributed by atoms with van der Waals surface area (Å²) >= 11 is 0. The molecule has 25 heavy (non-hydrogen) atoms. The second-order valence-corrected chi connectivity index (χ2v) is 9.10. The molecule has 1 aromatic rings. The first-order valence-electron chi connectivity index (χ1n) is 8.21. The van der Waals surface area contributed by atoms with E-state index in [0.29, 0.717) is 18.8 Å². The van der Waals surface area contributed by atoms with E-state index < -0.39 is 10.0 Å². The summed E-state index contributed by atoms with van der Waals surface area (Å²) < 4.78 is 30.8. The zero-order chi connectivity index (χ0) is 18.6. The van der Waals surface area contributed by atoms with E-state index in [1.54, 1.807) is 6.07 Å². The summed E-state index contributed by atoms with van der Waals surface area (Å²) in [6.45, 7) is 1.41. The lowest BCUT2D eigenvalue weighted by Gasteiger charge is -2.21. The van der Waals surface area contributed by atoms with Crippen molar-refractivity contribution in [1.29, 1.82) is 0 Å². The van der Waals surface area contributed by atoms with E-state index in [9.17, 15) is 13.2 Å². The van der Waals surface area contributed by atoms with Crippen molar-refractivity contribution in [2.24, 2.45) is 5.92 Å². The molecule has 1 fully saturated rings. The van der Waals surface area contributed by atoms with Crippen LogP contribution in [0.1, 0.15) is 15.9 Å². The number of carbonyl (C=O) groups is 1. The Kier molecular flexibility index (Phi) is 6.56. The minimum absolute atomic E-state index is 0.0361. The molecular formula is C17H27N3O4S. The van der Waals surface area contributed by atoms with Crippen molar-refractivity contribution in [2.75, 3.05) is 47.2 Å². The van der Waals surface area contributed by atoms with Crippen LogP contribution in [-0.4, -0.2) is 76.7 Å². The quantitative estimate of drug-likeness (QED) is 0.752. The first-order chi connectivity index (χ1) is 11.7. The van der Waals surface area contributed by atoms with E-state index in [2.05, 4.69) is 5.32 Å². The number of benzene rings is 1. The minimum Gasteiger partial charge on any atom is -0.379 e. The highest BCUT2D eigenvalue weighted by atomic mass is 32.2. The van der Waals surface area contributed by atoms with Crippen LogP contribution in [0.2, 0.25) is 0 Å². The Labute approximate surface area is 150 Å². The monoisotopic (exact) mass is 369 g/mol. The number of nitrogens with one attached hydrogen (secondary N) is 1. The fourth-order valence-electron chi connectivity index (χ4n) is 2.77. The van der Waals surface area contributed by atoms with Gasteiger partial charge in [0.15, 0.2) is 0 Å². The molecule has 0 aliphatic carbocycles. The first-order valence-corrected chi connectivity index (χ1v) is 9.82. The first kappa shape index (κ1) is 19.8. The fraction of sp³-hybridized carbons (Fsp3) is 0.588. The highest BCUT2D eigenvalue weighted by Gasteiger charge is 2.34. The van der Waals surface area contributed by atoms with Crippen molar-refractivity contribution in [1.82, 2.24) is 14.5 Å². The molecule has 1 amide bonds. The lowest BCUT2D eigenvalue weighted by atomic mass is 10.0. The summed E-state index contributed by atoms with van der Waals surface area (Å²) in [5.41, 5.74) is 1.62. The molecule has 1 aliphatic rings. The summed E-state index contributed by atoms with van der Waals surface area (Å²) in [5, 5.41) is 2.93. The van der Waals surface area contributed by atoms with E-state index in [1.807, 2.05) is 37.2 Å². The summed E-state index contributed by atoms with van der Waals surface area (Å²) in [7, 11) is 3.62. The minimum atomic E-state index is -3.34. The van der Waals surface area contributed by atoms with Gasteiger partial charge in [0.05, 0.1) is 25.0 Å². The predicted octanol–water partition coefficient (Wildman–Crippen LogP) is 0.384. The number of ether oxygens (including phenoxy) is 1. The molecule has 0 saturated carbocycles. The zero-order valence-electron chi connectivity index (χ0n) is 15.2. The normalized spacial score (nSPS) is 21.0. The lowest BCUT2D eigenvalue weighted by Crippen LogP contribution is -2.43. The van der Waals surface area contributed by atoms with E-state index in [-0.39, 0.29) is 23.6 Å². The van der Waals surface area contributed by atoms with E-state index >= 15 is 0 Å². The number of amides is 1. The lowest BCUT2D eigenvalue weighted by molar-refractivity contribution is 0.0926. The van der Waals surface area contributed by atoms with Crippen LogP contribution in [0.15, 0.2) is 24.3 Å². The van der Waals surface area contributed by atoms with Crippen LogP contribution in [0, 0.1) is 5.92 Å². The Balaban J connectivity index is 2.04. The third-order valence-electron chi connectivity index (χ3n) is 4.18. The molecule has 0 bridgehead atoms. The fourth-order valence-corrected chi connectivity index (χ4v) is 3.94. The maximum Gasteiger partial charge on any atom is 0.251 e. The summed E-state index contributed by atoms with van der Waals surface area (Å²) in [6, 6.07) is 7.14. The number of hydrogen-bond donors (Lipinski definition) is 1. The van der Waals surface area contributed by atoms with Gasteiger partial charge in [-0.1, -0.05) is 12.1 Å². The third kappa shape index (κ3) is 5.50. The van der Waals surface area contributed by atoms with E-state index in [0.717, 1.165) is 12.1 Å². The zero-order valence-corrected chi connectivity index (χ0v) is 16.0. The van der Waals surface area contributed by atoms with Gasteiger partial charge in [0.2, 0.25) is 10.0 Å². The average molecular weight is 369 g/mol. The number of hydrogen-bond acceptors (Lipinski definition) is 5. The van der Waals surface area contributed by atoms with Gasteiger partial charge >= 0.3 is 0 Å². The molecule has 1 N–H and O–H groups in total. The highest BCUT2D eigenvalue weighted by Crippen LogP contribution is 2.18. The molecule has 0 unspecified atom stereocenters. The van der Waals surface area contributed by atoms with Crippen molar-refractivity contribution in [3.8, 4) is 0 Å². The highest BCUT2D eigenvalue weighted by molar-refractivity contribution is 7.89. The van der Waals surface area contributed by atoms with Gasteiger partial charge in [-0.2, -0.15) is 0 Å². The van der Waals surface area contributed by atoms with Crippen LogP contribution >= 0.6 is 0 Å². The second-order valence-electron chi connectivity index (χ2n) is 6.88. The van der Waals surface area contributed by atoms with E-state index in [1.165, 1.54) is 18.4 Å². The number of nitrogens with zero attached hydrogens (tertiary/aromatic N) is 2. The largest absolute Gasteiger partial charge is 0.379 e. The molecule has 2 atom stereocenters. The van der Waals surface area contributed by atoms with Crippen LogP contribution < -0.4 is 5.32 Å². The van der Waals surface area contributed by atoms with Crippen molar-refractivity contribution in [3.63, 3.8) is 0 Å². The molecular weight excluding hydrogens is 342 g/mol. The summed E-state index contributed by atoms with van der Waals surface area (Å²) in [5.74, 6) is -0.490. The molecule has 1 aliphatic heterocycles. The van der Waals surface area contributed by atoms with Crippen molar-refractivity contribution in [2.45, 2.75) is 12.6 Å². The molecule has 0 spiro atoms. The molecule has 7 nitrogen and oxygen atoms in total. The van der Waals surface area contributed by atoms with Gasteiger partial charge in [-0.15, -0.1) is 0 Å². The van der Waals surface area contributed by atoms with Gasteiger partial charge in [-0.3, -0.25) is 4.79 Å². The molecule has 8 heteroatoms. The predicted molar refractivity (Wildman–Crippen MR) is 96.9 cm³/mol. The SMILES string of the molecule is CN(C)Cc1cccc(C(=O)N[C@H]2COC[C@H]2CS(=O)(=O)N(C)C)c1. The van der Waals surface area contributed by atoms with Crippen LogP contribution in [0.3, 0.4) is 0 Å². The van der Waals surface area contributed by atoms with Gasteiger partial charge in [-0.05, 0) is 31.8 Å². The van der Waals surface area contributed by atoms with Gasteiger partial charge < -0.3 is 15.0 Å². The Bertz CT molecular complexity index is 704. The third-order valence-corrected chi connectivity index (χ3v) is 6.15. The molecule has 2 rings (SSSR count). The van der Waals surface area contributed by atoms with Gasteiger partial charge in [-0.25, -0.2) is 12.7 Å². The van der Waals surface area contributed by atoms with E-state index in [4.69, 9.17) is 4.74 Å². The topological polar surface area (TPSA) is 79.0 Å². The molecule has 0 radical (unpaired) electrons. The van der Waals surface area contributed by atoms with Gasteiger partial charge in [0.25, 0.3) is 5.91 Å². The Hall–Kier alpha value is -1.48. The second kappa shape index (κ2) is 8.27. The van der Waals surface area contributed by atoms with Crippen molar-refractivity contribution >= 4 is 15.9 Å². The van der Waals surface area contributed by atoms with Crippen LogP contribution in [0.5, 0.6) is 0 Å². The molecule has 140 valence electrons. The molecule has 1 aromatic carbocycles. The molecule has 0 aromatic heterocycles. The Morgan fingerprint density at radius 1 is 1.24 bits per heavy atom. The molecule has 1 saturated heterocycles. The van der Waals surface area contributed by atoms with Gasteiger partial charge in [0, 0.05) is 32.1 Å². The Morgan fingerprint density at radius 3 is 2.60 bits per heavy atom. The number of rotatable bonds is 7. The Morgan fingerprint density at radius 2 is 1.96 bits per heavy atom.